The SMILES string of the molecule is Brc1ccc2c(c1)[Si](c1ccccc1)(c1ccccc1)c1ccccc1O2.CC(C)(C)c1ccc2c(c1)-c1cc(C(C)(C)C)ccc1C2.CC(C)(C)c1ccc2c(c1)c1cc(C(C)(C)C)ccc1n2-c1ccc2c(c1)[Si](c1ccccc1)(c1ccccc1)c1ccccc1O2.[2H-].[2HH]. The molecular weight excluding hydrogens is 1250 g/mol. The molecule has 3 heterocycles. The van der Waals surface area contributed by atoms with E-state index < -0.39 is 16.1 Å². The van der Waals surface area contributed by atoms with Crippen molar-refractivity contribution in [1.29, 1.82) is 0 Å². The molecule has 12 aromatic carbocycles. The van der Waals surface area contributed by atoms with E-state index in [1.807, 2.05) is 0 Å². The Labute approximate surface area is 576 Å². The van der Waals surface area contributed by atoms with Crippen LogP contribution in [0, 0.1) is 0 Å². The van der Waals surface area contributed by atoms with Crippen molar-refractivity contribution in [3.8, 4) is 39.8 Å². The summed E-state index contributed by atoms with van der Waals surface area (Å²) in [5.41, 5.74) is 15.5. The van der Waals surface area contributed by atoms with Crippen molar-refractivity contribution in [1.82, 2.24) is 4.57 Å². The second kappa shape index (κ2) is 24.3. The van der Waals surface area contributed by atoms with Gasteiger partial charge in [0, 0.05) is 22.4 Å². The second-order valence-electron chi connectivity index (χ2n) is 30.2. The van der Waals surface area contributed by atoms with Gasteiger partial charge >= 0.3 is 0 Å². The molecule has 2 aliphatic heterocycles. The van der Waals surface area contributed by atoms with E-state index in [2.05, 4.69) is 383 Å². The summed E-state index contributed by atoms with van der Waals surface area (Å²) >= 11 is 3.69. The van der Waals surface area contributed by atoms with Crippen LogP contribution in [0.4, 0.5) is 0 Å². The Morgan fingerprint density at radius 2 is 0.653 bits per heavy atom. The van der Waals surface area contributed by atoms with Crippen LogP contribution in [0.1, 0.15) is 119 Å². The van der Waals surface area contributed by atoms with Gasteiger partial charge in [0.1, 0.15) is 23.0 Å². The van der Waals surface area contributed by atoms with Crippen LogP contribution >= 0.6 is 15.9 Å². The first-order valence-electron chi connectivity index (χ1n) is 33.6. The molecule has 6 heteroatoms. The Bertz CT molecular complexity index is 4830. The Kier molecular flexibility index (Phi) is 16.2. The number of fused-ring (bicyclic) bond motifs is 10. The zero-order valence-electron chi connectivity index (χ0n) is 57.9. The van der Waals surface area contributed by atoms with Crippen molar-refractivity contribution in [3.05, 3.63) is 317 Å². The number of benzene rings is 12. The lowest BCUT2D eigenvalue weighted by molar-refractivity contribution is 0.486. The van der Waals surface area contributed by atoms with Gasteiger partial charge < -0.3 is 15.5 Å². The predicted molar refractivity (Wildman–Crippen MR) is 415 cm³/mol. The van der Waals surface area contributed by atoms with Crippen molar-refractivity contribution < 1.29 is 12.3 Å². The Morgan fingerprint density at radius 3 is 1.04 bits per heavy atom. The minimum Gasteiger partial charge on any atom is -1.00 e. The first-order valence-corrected chi connectivity index (χ1v) is 38.4. The van der Waals surface area contributed by atoms with Gasteiger partial charge in [-0.1, -0.05) is 305 Å². The van der Waals surface area contributed by atoms with Crippen molar-refractivity contribution in [2.75, 3.05) is 0 Å². The van der Waals surface area contributed by atoms with E-state index in [9.17, 15) is 0 Å². The number of aromatic nitrogens is 1. The summed E-state index contributed by atoms with van der Waals surface area (Å²) in [6, 6.07) is 103. The lowest BCUT2D eigenvalue weighted by Gasteiger charge is -2.39. The summed E-state index contributed by atoms with van der Waals surface area (Å²) in [5, 5.41) is 13.2. The quantitative estimate of drug-likeness (QED) is 0.160. The van der Waals surface area contributed by atoms with Gasteiger partial charge in [-0.15, -0.1) is 0 Å². The highest BCUT2D eigenvalue weighted by atomic mass is 79.9. The van der Waals surface area contributed by atoms with Crippen LogP contribution < -0.4 is 51.0 Å². The van der Waals surface area contributed by atoms with Crippen molar-refractivity contribution in [2.24, 2.45) is 0 Å². The molecule has 0 saturated heterocycles. The summed E-state index contributed by atoms with van der Waals surface area (Å²) < 4.78 is 16.6. The number of rotatable bonds is 5. The zero-order valence-corrected chi connectivity index (χ0v) is 60.5. The molecule has 1 aromatic heterocycles. The fourth-order valence-corrected chi connectivity index (χ4v) is 25.4. The standard InChI is InChI=1S/C44H41NOSi.C24H17BrOSi.C21H26.H2.H/c1-43(2,3)30-21-24-37-35(27-30)36-28-31(44(4,5)6)22-25-38(36)45(37)32-23-26-40-42(29-32)47(33-15-9-7-10-16-33,34-17-11-8-12-18-34)41-20-14-13-19-39(41)46-40;25-18-15-16-22-24(17-18)27(19-9-3-1-4-10-19,20-11-5-2-6-12-20)23-14-8-7-13-21(23)26-22;1-20(2,3)16-9-7-14-11-15-8-10-17(21(4,5)6)13-19(15)18(14)12-16;;/h7-29H,1-6H3;1-17H;7-10,12-13H,11H2,1-6H3;1H;/q;;;;-1/i;;;2*1+1. The highest BCUT2D eigenvalue weighted by Crippen LogP contribution is 2.43. The molecule has 0 fully saturated rings. The molecule has 0 atom stereocenters. The summed E-state index contributed by atoms with van der Waals surface area (Å²) in [5.74, 6) is 3.81. The summed E-state index contributed by atoms with van der Waals surface area (Å²) in [7, 11) is -5.22. The van der Waals surface area contributed by atoms with Crippen LogP contribution in [-0.2, 0) is 28.1 Å². The first kappa shape index (κ1) is 63.4. The van der Waals surface area contributed by atoms with Gasteiger partial charge in [0.05, 0.1) is 11.0 Å². The van der Waals surface area contributed by atoms with E-state index in [0.717, 1.165) is 39.6 Å². The lowest BCUT2D eigenvalue weighted by Crippen LogP contribution is -2.76. The van der Waals surface area contributed by atoms with Crippen LogP contribution in [0.15, 0.2) is 284 Å². The highest BCUT2D eigenvalue weighted by Gasteiger charge is 2.49. The molecule has 3 aliphatic rings. The lowest BCUT2D eigenvalue weighted by atomic mass is 9.83. The van der Waals surface area contributed by atoms with Gasteiger partial charge in [-0.05, 0) is 187 Å². The van der Waals surface area contributed by atoms with Crippen molar-refractivity contribution >= 4 is 95.4 Å². The average Bonchev–Trinajstić information content (AvgIpc) is 1.02. The van der Waals surface area contributed by atoms with Gasteiger partial charge in [0.15, 0.2) is 16.1 Å². The number of hydrogen-bond donors (Lipinski definition) is 0. The Morgan fingerprint density at radius 1 is 0.326 bits per heavy atom. The molecule has 0 spiro atoms. The van der Waals surface area contributed by atoms with E-state index in [0.29, 0.717) is 0 Å². The molecule has 16 rings (SSSR count). The Balaban J connectivity index is 0.000000152. The molecule has 0 bridgehead atoms. The van der Waals surface area contributed by atoms with Crippen LogP contribution in [0.2, 0.25) is 0 Å². The molecule has 3 nitrogen and oxygen atoms in total. The number of hydrogen-bond acceptors (Lipinski definition) is 2. The maximum atomic E-state index is 6.75. The molecule has 13 aromatic rings. The minimum absolute atomic E-state index is 0. The van der Waals surface area contributed by atoms with Crippen LogP contribution in [0.5, 0.6) is 23.0 Å². The van der Waals surface area contributed by atoms with Crippen LogP contribution in [0.25, 0.3) is 38.6 Å². The topological polar surface area (TPSA) is 23.4 Å². The van der Waals surface area contributed by atoms with Crippen molar-refractivity contribution in [2.45, 2.75) is 111 Å². The fraction of sp³-hybridized carbons (Fsp3) is 0.191. The highest BCUT2D eigenvalue weighted by molar-refractivity contribution is 9.10. The maximum Gasteiger partial charge on any atom is 0.188 e. The van der Waals surface area contributed by atoms with E-state index >= 15 is 0 Å². The van der Waals surface area contributed by atoms with Crippen molar-refractivity contribution in [3.63, 3.8) is 0 Å². The van der Waals surface area contributed by atoms with Gasteiger partial charge in [0.2, 0.25) is 0 Å². The monoisotopic (exact) mass is 1340 g/mol. The number of para-hydroxylation sites is 2. The molecule has 0 unspecified atom stereocenters. The summed E-state index contributed by atoms with van der Waals surface area (Å²) in [4.78, 5) is 0. The largest absolute Gasteiger partial charge is 1.00 e. The fourth-order valence-electron chi connectivity index (χ4n) is 14.8. The number of halogens is 1. The molecule has 476 valence electrons. The molecular formula is C89H87BrNO2Si2-. The van der Waals surface area contributed by atoms with E-state index in [4.69, 9.17) is 9.47 Å². The van der Waals surface area contributed by atoms with Gasteiger partial charge in [-0.25, -0.2) is 0 Å². The van der Waals surface area contributed by atoms with Crippen LogP contribution in [0.3, 0.4) is 0 Å². The molecule has 0 amide bonds. The third kappa shape index (κ3) is 11.3. The number of nitrogens with zero attached hydrogens (tertiary/aromatic N) is 1. The first-order chi connectivity index (χ1) is 45.5. The molecule has 0 N–H and O–H groups in total. The van der Waals surface area contributed by atoms with Gasteiger partial charge in [-0.3, -0.25) is 0 Å². The van der Waals surface area contributed by atoms with Gasteiger partial charge in [-0.2, -0.15) is 0 Å². The second-order valence-corrected chi connectivity index (χ2v) is 38.6. The number of ether oxygens (including phenoxy) is 2. The predicted octanol–water partition coefficient (Wildman–Crippen LogP) is 19.0. The summed E-state index contributed by atoms with van der Waals surface area (Å²) in [6.07, 6.45) is 1.08. The summed E-state index contributed by atoms with van der Waals surface area (Å²) in [6.45, 7) is 27.5. The van der Waals surface area contributed by atoms with E-state index in [1.54, 1.807) is 0 Å². The normalized spacial score (nSPS) is 14.0. The van der Waals surface area contributed by atoms with Gasteiger partial charge in [0.25, 0.3) is 0 Å². The molecule has 95 heavy (non-hydrogen) atoms. The maximum absolute atomic E-state index is 6.75. The molecule has 0 radical (unpaired) electrons. The molecule has 0 saturated carbocycles. The zero-order chi connectivity index (χ0) is 66.2. The van der Waals surface area contributed by atoms with E-state index in [-0.39, 0.29) is 24.5 Å². The smallest absolute Gasteiger partial charge is 0.188 e. The Hall–Kier alpha value is -9.05. The average molecular weight is 1340 g/mol. The minimum atomic E-state index is -2.76. The third-order valence-electron chi connectivity index (χ3n) is 19.9. The van der Waals surface area contributed by atoms with Crippen LogP contribution in [-0.4, -0.2) is 20.7 Å². The van der Waals surface area contributed by atoms with E-state index in [1.165, 1.54) is 108 Å². The third-order valence-corrected chi connectivity index (χ3v) is 30.1. The molecule has 1 aliphatic carbocycles.